The van der Waals surface area contributed by atoms with Crippen LogP contribution in [-0.4, -0.2) is 15.5 Å². The van der Waals surface area contributed by atoms with Gasteiger partial charge in [0.15, 0.2) is 0 Å². The van der Waals surface area contributed by atoms with Gasteiger partial charge < -0.3 is 5.32 Å². The van der Waals surface area contributed by atoms with E-state index in [0.29, 0.717) is 17.0 Å². The van der Waals surface area contributed by atoms with Crippen LogP contribution in [0, 0.1) is 5.82 Å². The summed E-state index contributed by atoms with van der Waals surface area (Å²) >= 11 is 5.94. The number of nitrogens with zero attached hydrogens (tertiary/aromatic N) is 2. The van der Waals surface area contributed by atoms with E-state index in [1.54, 1.807) is 6.07 Å². The summed E-state index contributed by atoms with van der Waals surface area (Å²) in [6, 6.07) is 4.12. The van der Waals surface area contributed by atoms with Gasteiger partial charge in [0.1, 0.15) is 5.82 Å². The molecule has 3 rings (SSSR count). The third kappa shape index (κ3) is 3.64. The third-order valence-electron chi connectivity index (χ3n) is 4.20. The third-order valence-corrected chi connectivity index (χ3v) is 4.42. The van der Waals surface area contributed by atoms with Crippen LogP contribution in [0.2, 0.25) is 5.02 Å². The number of hydrogen-bond donors (Lipinski definition) is 1. The highest BCUT2D eigenvalue weighted by molar-refractivity contribution is 6.30. The molecule has 0 aliphatic heterocycles. The second-order valence-corrected chi connectivity index (χ2v) is 6.27. The van der Waals surface area contributed by atoms with Crippen LogP contribution in [0.15, 0.2) is 35.5 Å². The molecular weight excluding hydrogens is 333 g/mol. The summed E-state index contributed by atoms with van der Waals surface area (Å²) in [7, 11) is 0. The number of hydrogen-bond acceptors (Lipinski definition) is 3. The first-order valence-corrected chi connectivity index (χ1v) is 8.20. The van der Waals surface area contributed by atoms with Crippen molar-refractivity contribution in [3.63, 3.8) is 0 Å². The van der Waals surface area contributed by atoms with Crippen LogP contribution in [0.5, 0.6) is 0 Å². The number of carbonyl (C=O) groups excluding carboxylic acids is 1. The maximum Gasteiger partial charge on any atom is 0.253 e. The molecule has 1 aromatic carbocycles. The van der Waals surface area contributed by atoms with E-state index >= 15 is 0 Å². The van der Waals surface area contributed by atoms with Gasteiger partial charge in [0.05, 0.1) is 12.4 Å². The zero-order valence-electron chi connectivity index (χ0n) is 13.0. The van der Waals surface area contributed by atoms with Crippen LogP contribution in [-0.2, 0) is 17.8 Å². The van der Waals surface area contributed by atoms with E-state index in [2.05, 4.69) is 10.3 Å². The number of halogens is 2. The summed E-state index contributed by atoms with van der Waals surface area (Å²) in [5.74, 6) is -0.512. The minimum Gasteiger partial charge on any atom is -0.349 e. The van der Waals surface area contributed by atoms with Crippen molar-refractivity contribution in [1.82, 2.24) is 14.9 Å². The van der Waals surface area contributed by atoms with Crippen LogP contribution in [0.4, 0.5) is 4.39 Å². The van der Waals surface area contributed by atoms with Gasteiger partial charge in [0.2, 0.25) is 5.91 Å². The maximum absolute atomic E-state index is 14.0. The van der Waals surface area contributed by atoms with Crippen molar-refractivity contribution in [2.24, 2.45) is 0 Å². The number of amides is 1. The van der Waals surface area contributed by atoms with Crippen molar-refractivity contribution in [2.75, 3.05) is 0 Å². The Morgan fingerprint density at radius 1 is 1.46 bits per heavy atom. The van der Waals surface area contributed by atoms with E-state index in [0.717, 1.165) is 18.4 Å². The average Bonchev–Trinajstić information content (AvgIpc) is 2.55. The standard InChI is InChI=1S/C17H17ClFN3O2/c18-11-8-13-12(14(19)9-11)2-1-3-15(13)21-16(23)5-7-22-10-20-6-4-17(22)24/h4,6,8-10,15H,1-3,5,7H2,(H,21,23). The molecule has 1 amide bonds. The van der Waals surface area contributed by atoms with E-state index in [-0.39, 0.29) is 36.3 Å². The Bertz CT molecular complexity index is 822. The van der Waals surface area contributed by atoms with Crippen molar-refractivity contribution in [3.8, 4) is 0 Å². The highest BCUT2D eigenvalue weighted by Gasteiger charge is 2.24. The molecule has 5 nitrogen and oxygen atoms in total. The zero-order chi connectivity index (χ0) is 17.1. The summed E-state index contributed by atoms with van der Waals surface area (Å²) in [6.45, 7) is 0.252. The number of carbonyl (C=O) groups is 1. The summed E-state index contributed by atoms with van der Waals surface area (Å²) in [5.41, 5.74) is 1.17. The maximum atomic E-state index is 14.0. The van der Waals surface area contributed by atoms with Crippen LogP contribution in [0.1, 0.15) is 36.4 Å². The van der Waals surface area contributed by atoms with Gasteiger partial charge in [-0.05, 0) is 42.5 Å². The van der Waals surface area contributed by atoms with Gasteiger partial charge in [-0.15, -0.1) is 0 Å². The smallest absolute Gasteiger partial charge is 0.253 e. The second-order valence-electron chi connectivity index (χ2n) is 5.83. The fourth-order valence-electron chi connectivity index (χ4n) is 3.02. The minimum atomic E-state index is -0.321. The Morgan fingerprint density at radius 3 is 3.08 bits per heavy atom. The monoisotopic (exact) mass is 349 g/mol. The Kier molecular flexibility index (Phi) is 4.94. The first-order valence-electron chi connectivity index (χ1n) is 7.82. The molecule has 0 fully saturated rings. The summed E-state index contributed by atoms with van der Waals surface area (Å²) in [5, 5.41) is 3.25. The second kappa shape index (κ2) is 7.13. The van der Waals surface area contributed by atoms with Gasteiger partial charge in [-0.3, -0.25) is 14.2 Å². The number of benzene rings is 1. The van der Waals surface area contributed by atoms with E-state index in [1.165, 1.54) is 29.2 Å². The minimum absolute atomic E-state index is 0.153. The first kappa shape index (κ1) is 16.6. The van der Waals surface area contributed by atoms with Crippen molar-refractivity contribution < 1.29 is 9.18 Å². The van der Waals surface area contributed by atoms with Crippen LogP contribution in [0.3, 0.4) is 0 Å². The Morgan fingerprint density at radius 2 is 2.29 bits per heavy atom. The molecule has 0 saturated carbocycles. The SMILES string of the molecule is O=C(CCn1cnccc1=O)NC1CCCc2c(F)cc(Cl)cc21. The molecule has 0 radical (unpaired) electrons. The Labute approximate surface area is 143 Å². The van der Waals surface area contributed by atoms with Gasteiger partial charge in [-0.25, -0.2) is 9.37 Å². The molecular formula is C17H17ClFN3O2. The number of aromatic nitrogens is 2. The fraction of sp³-hybridized carbons (Fsp3) is 0.353. The Hall–Kier alpha value is -2.21. The quantitative estimate of drug-likeness (QED) is 0.922. The molecule has 24 heavy (non-hydrogen) atoms. The highest BCUT2D eigenvalue weighted by atomic mass is 35.5. The van der Waals surface area contributed by atoms with Crippen LogP contribution >= 0.6 is 11.6 Å². The molecule has 0 bridgehead atoms. The molecule has 1 atom stereocenters. The van der Waals surface area contributed by atoms with E-state index < -0.39 is 0 Å². The predicted octanol–water partition coefficient (Wildman–Crippen LogP) is 2.62. The molecule has 1 aliphatic carbocycles. The lowest BCUT2D eigenvalue weighted by molar-refractivity contribution is -0.122. The summed E-state index contributed by atoms with van der Waals surface area (Å²) < 4.78 is 15.4. The van der Waals surface area contributed by atoms with Gasteiger partial charge in [-0.2, -0.15) is 0 Å². The molecule has 1 heterocycles. The highest BCUT2D eigenvalue weighted by Crippen LogP contribution is 2.33. The van der Waals surface area contributed by atoms with Gasteiger partial charge in [-0.1, -0.05) is 11.6 Å². The summed E-state index contributed by atoms with van der Waals surface area (Å²) in [6.07, 6.45) is 5.16. The molecule has 0 saturated heterocycles. The topological polar surface area (TPSA) is 64.0 Å². The first-order chi connectivity index (χ1) is 11.5. The average molecular weight is 350 g/mol. The van der Waals surface area contributed by atoms with Crippen molar-refractivity contribution in [3.05, 3.63) is 63.0 Å². The molecule has 126 valence electrons. The lowest BCUT2D eigenvalue weighted by Gasteiger charge is -2.27. The summed E-state index contributed by atoms with van der Waals surface area (Å²) in [4.78, 5) is 27.7. The molecule has 0 spiro atoms. The van der Waals surface area contributed by atoms with Crippen LogP contribution in [0.25, 0.3) is 0 Å². The normalized spacial score (nSPS) is 16.5. The molecule has 1 aliphatic rings. The van der Waals surface area contributed by atoms with E-state index in [1.807, 2.05) is 0 Å². The molecule has 2 aromatic rings. The number of nitrogens with one attached hydrogen (secondary N) is 1. The lowest BCUT2D eigenvalue weighted by Crippen LogP contribution is -2.32. The molecule has 1 aromatic heterocycles. The van der Waals surface area contributed by atoms with Crippen molar-refractivity contribution in [2.45, 2.75) is 38.3 Å². The van der Waals surface area contributed by atoms with Crippen LogP contribution < -0.4 is 10.9 Å². The largest absolute Gasteiger partial charge is 0.349 e. The fourth-order valence-corrected chi connectivity index (χ4v) is 3.23. The number of rotatable bonds is 4. The van der Waals surface area contributed by atoms with Gasteiger partial charge in [0.25, 0.3) is 5.56 Å². The number of aryl methyl sites for hydroxylation is 1. The zero-order valence-corrected chi connectivity index (χ0v) is 13.7. The van der Waals surface area contributed by atoms with Crippen molar-refractivity contribution in [1.29, 1.82) is 0 Å². The van der Waals surface area contributed by atoms with Crippen molar-refractivity contribution >= 4 is 17.5 Å². The van der Waals surface area contributed by atoms with Gasteiger partial charge >= 0.3 is 0 Å². The van der Waals surface area contributed by atoms with Gasteiger partial charge in [0, 0.05) is 30.3 Å². The van der Waals surface area contributed by atoms with E-state index in [4.69, 9.17) is 11.6 Å². The Balaban J connectivity index is 1.68. The molecule has 1 unspecified atom stereocenters. The predicted molar refractivity (Wildman–Crippen MR) is 88.3 cm³/mol. The van der Waals surface area contributed by atoms with E-state index in [9.17, 15) is 14.0 Å². The lowest BCUT2D eigenvalue weighted by atomic mass is 9.87. The molecule has 7 heteroatoms. The molecule has 1 N–H and O–H groups in total. The number of fused-ring (bicyclic) bond motifs is 1.